The minimum absolute atomic E-state index is 0.0211. The number of hydrogen-bond donors (Lipinski definition) is 1. The number of unbranched alkanes of at least 4 members (excludes halogenated alkanes) is 2. The van der Waals surface area contributed by atoms with Gasteiger partial charge in [-0.25, -0.2) is 0 Å². The lowest BCUT2D eigenvalue weighted by molar-refractivity contribution is -0.122. The molecule has 174 valence electrons. The number of thioether (sulfide) groups is 1. The summed E-state index contributed by atoms with van der Waals surface area (Å²) in [7, 11) is 1.62. The van der Waals surface area contributed by atoms with E-state index in [1.807, 2.05) is 61.5 Å². The van der Waals surface area contributed by atoms with E-state index in [4.69, 9.17) is 21.7 Å². The van der Waals surface area contributed by atoms with Crippen molar-refractivity contribution >= 4 is 51.9 Å². The number of rotatable bonds is 11. The number of amides is 2. The number of carbonyl (C=O) groups is 2. The maximum absolute atomic E-state index is 12.7. The van der Waals surface area contributed by atoms with Crippen LogP contribution in [0.3, 0.4) is 0 Å². The quantitative estimate of drug-likeness (QED) is 0.258. The molecule has 0 spiro atoms. The second-order valence-corrected chi connectivity index (χ2v) is 9.10. The molecule has 3 rings (SSSR count). The van der Waals surface area contributed by atoms with E-state index in [0.717, 1.165) is 42.0 Å². The van der Waals surface area contributed by atoms with Crippen molar-refractivity contribution in [2.45, 2.75) is 32.6 Å². The number of nitrogens with zero attached hydrogens (tertiary/aromatic N) is 1. The molecule has 1 heterocycles. The number of ether oxygens (including phenoxy) is 2. The Kier molecular flexibility index (Phi) is 9.33. The molecule has 33 heavy (non-hydrogen) atoms. The molecule has 0 aliphatic carbocycles. The molecule has 0 bridgehead atoms. The van der Waals surface area contributed by atoms with Gasteiger partial charge in [0, 0.05) is 18.7 Å². The number of carbonyl (C=O) groups excluding carboxylic acids is 2. The van der Waals surface area contributed by atoms with Crippen LogP contribution in [0.2, 0.25) is 0 Å². The van der Waals surface area contributed by atoms with Crippen molar-refractivity contribution in [2.24, 2.45) is 0 Å². The molecule has 0 atom stereocenters. The summed E-state index contributed by atoms with van der Waals surface area (Å²) in [6.45, 7) is 3.10. The molecular weight excluding hydrogens is 456 g/mol. The molecule has 1 saturated heterocycles. The third kappa shape index (κ3) is 7.33. The van der Waals surface area contributed by atoms with Gasteiger partial charge in [0.2, 0.25) is 5.91 Å². The van der Waals surface area contributed by atoms with Gasteiger partial charge in [-0.15, -0.1) is 0 Å². The molecule has 0 saturated carbocycles. The molecule has 0 radical (unpaired) electrons. The van der Waals surface area contributed by atoms with Crippen molar-refractivity contribution < 1.29 is 19.1 Å². The predicted octanol–water partition coefficient (Wildman–Crippen LogP) is 5.49. The van der Waals surface area contributed by atoms with Gasteiger partial charge in [0.05, 0.1) is 18.6 Å². The normalized spacial score (nSPS) is 14.6. The van der Waals surface area contributed by atoms with Crippen LogP contribution in [-0.4, -0.2) is 41.3 Å². The summed E-state index contributed by atoms with van der Waals surface area (Å²) in [5.74, 6) is 1.47. The van der Waals surface area contributed by atoms with Crippen LogP contribution in [0.25, 0.3) is 6.08 Å². The van der Waals surface area contributed by atoms with Gasteiger partial charge in [-0.2, -0.15) is 0 Å². The van der Waals surface area contributed by atoms with Gasteiger partial charge in [0.25, 0.3) is 5.91 Å². The van der Waals surface area contributed by atoms with Crippen LogP contribution >= 0.6 is 24.0 Å². The second kappa shape index (κ2) is 12.4. The zero-order chi connectivity index (χ0) is 23.6. The second-order valence-electron chi connectivity index (χ2n) is 7.42. The SMILES string of the molecule is CCOc1ccc(NC(=O)CCCCCN2C(=O)/C(=C/c3ccc(OC)cc3)SC2=S)cc1. The minimum atomic E-state index is -0.0611. The lowest BCUT2D eigenvalue weighted by Gasteiger charge is -2.14. The van der Waals surface area contributed by atoms with Gasteiger partial charge in [-0.1, -0.05) is 42.5 Å². The van der Waals surface area contributed by atoms with E-state index < -0.39 is 0 Å². The summed E-state index contributed by atoms with van der Waals surface area (Å²) < 4.78 is 11.1. The van der Waals surface area contributed by atoms with Crippen LogP contribution in [-0.2, 0) is 9.59 Å². The third-order valence-electron chi connectivity index (χ3n) is 5.02. The van der Waals surface area contributed by atoms with Crippen molar-refractivity contribution in [3.05, 3.63) is 59.0 Å². The molecule has 6 nitrogen and oxygen atoms in total. The number of benzene rings is 2. The van der Waals surface area contributed by atoms with Crippen LogP contribution in [0.4, 0.5) is 5.69 Å². The van der Waals surface area contributed by atoms with Crippen molar-refractivity contribution in [2.75, 3.05) is 25.6 Å². The Bertz CT molecular complexity index is 1000. The highest BCUT2D eigenvalue weighted by molar-refractivity contribution is 8.26. The van der Waals surface area contributed by atoms with Crippen LogP contribution in [0.5, 0.6) is 11.5 Å². The number of hydrogen-bond acceptors (Lipinski definition) is 6. The predicted molar refractivity (Wildman–Crippen MR) is 138 cm³/mol. The molecule has 1 N–H and O–H groups in total. The van der Waals surface area contributed by atoms with Gasteiger partial charge in [0.15, 0.2) is 0 Å². The molecule has 8 heteroatoms. The summed E-state index contributed by atoms with van der Waals surface area (Å²) in [5.41, 5.74) is 1.68. The summed E-state index contributed by atoms with van der Waals surface area (Å²) in [5, 5.41) is 2.90. The fourth-order valence-corrected chi connectivity index (χ4v) is 4.61. The molecule has 0 unspecified atom stereocenters. The average Bonchev–Trinajstić information content (AvgIpc) is 3.08. The first-order valence-corrected chi connectivity index (χ1v) is 12.1. The van der Waals surface area contributed by atoms with Gasteiger partial charge >= 0.3 is 0 Å². The molecule has 2 aromatic carbocycles. The van der Waals surface area contributed by atoms with E-state index in [9.17, 15) is 9.59 Å². The van der Waals surface area contributed by atoms with Crippen LogP contribution in [0, 0.1) is 0 Å². The van der Waals surface area contributed by atoms with Gasteiger partial charge in [-0.3, -0.25) is 14.5 Å². The van der Waals surface area contributed by atoms with Crippen LogP contribution in [0.15, 0.2) is 53.4 Å². The summed E-state index contributed by atoms with van der Waals surface area (Å²) in [6, 6.07) is 14.9. The van der Waals surface area contributed by atoms with E-state index in [1.54, 1.807) is 12.0 Å². The maximum atomic E-state index is 12.7. The molecule has 1 aliphatic heterocycles. The first-order valence-electron chi connectivity index (χ1n) is 10.9. The van der Waals surface area contributed by atoms with E-state index in [1.165, 1.54) is 11.8 Å². The Hall–Kier alpha value is -2.84. The number of anilines is 1. The standard InChI is InChI=1S/C25H28N2O4S2/c1-3-31-21-14-10-19(11-15-21)26-23(28)7-5-4-6-16-27-24(29)22(33-25(27)32)17-18-8-12-20(30-2)13-9-18/h8-15,17H,3-7,16H2,1-2H3,(H,26,28)/b22-17-. The van der Waals surface area contributed by atoms with Crippen molar-refractivity contribution in [3.8, 4) is 11.5 Å². The lowest BCUT2D eigenvalue weighted by Crippen LogP contribution is -2.29. The Morgan fingerprint density at radius 2 is 1.76 bits per heavy atom. The Morgan fingerprint density at radius 3 is 2.42 bits per heavy atom. The van der Waals surface area contributed by atoms with Crippen molar-refractivity contribution in [1.82, 2.24) is 4.90 Å². The molecule has 0 aromatic heterocycles. The van der Waals surface area contributed by atoms with Gasteiger partial charge in [0.1, 0.15) is 15.8 Å². The van der Waals surface area contributed by atoms with Crippen LogP contribution in [0.1, 0.15) is 38.2 Å². The monoisotopic (exact) mass is 484 g/mol. The first-order chi connectivity index (χ1) is 16.0. The minimum Gasteiger partial charge on any atom is -0.497 e. The maximum Gasteiger partial charge on any atom is 0.266 e. The molecule has 2 aromatic rings. The fourth-order valence-electron chi connectivity index (χ4n) is 3.30. The average molecular weight is 485 g/mol. The molecule has 1 fully saturated rings. The van der Waals surface area contributed by atoms with E-state index in [-0.39, 0.29) is 11.8 Å². The molecular formula is C25H28N2O4S2. The smallest absolute Gasteiger partial charge is 0.266 e. The van der Waals surface area contributed by atoms with Crippen LogP contribution < -0.4 is 14.8 Å². The Balaban J connectivity index is 1.39. The fraction of sp³-hybridized carbons (Fsp3) is 0.320. The summed E-state index contributed by atoms with van der Waals surface area (Å²) in [6.07, 6.45) is 4.66. The number of methoxy groups -OCH3 is 1. The number of thiocarbonyl (C=S) groups is 1. The zero-order valence-corrected chi connectivity index (χ0v) is 20.5. The highest BCUT2D eigenvalue weighted by Crippen LogP contribution is 2.33. The highest BCUT2D eigenvalue weighted by atomic mass is 32.2. The largest absolute Gasteiger partial charge is 0.497 e. The Labute approximate surface area is 204 Å². The van der Waals surface area contributed by atoms with E-state index in [0.29, 0.717) is 28.8 Å². The molecule has 2 amide bonds. The summed E-state index contributed by atoms with van der Waals surface area (Å²) >= 11 is 6.73. The van der Waals surface area contributed by atoms with Crippen molar-refractivity contribution in [3.63, 3.8) is 0 Å². The lowest BCUT2D eigenvalue weighted by atomic mass is 10.1. The van der Waals surface area contributed by atoms with Crippen molar-refractivity contribution in [1.29, 1.82) is 0 Å². The van der Waals surface area contributed by atoms with Gasteiger partial charge < -0.3 is 14.8 Å². The third-order valence-corrected chi connectivity index (χ3v) is 6.40. The topological polar surface area (TPSA) is 67.9 Å². The van der Waals surface area contributed by atoms with E-state index in [2.05, 4.69) is 5.32 Å². The molecule has 1 aliphatic rings. The summed E-state index contributed by atoms with van der Waals surface area (Å²) in [4.78, 5) is 27.2. The highest BCUT2D eigenvalue weighted by Gasteiger charge is 2.31. The number of nitrogens with one attached hydrogen (secondary N) is 1. The first kappa shape index (κ1) is 24.8. The van der Waals surface area contributed by atoms with E-state index >= 15 is 0 Å². The van der Waals surface area contributed by atoms with Gasteiger partial charge in [-0.05, 0) is 67.8 Å². The Morgan fingerprint density at radius 1 is 1.06 bits per heavy atom. The zero-order valence-electron chi connectivity index (χ0n) is 18.8.